The number of nitrogens with zero attached hydrogens (tertiary/aromatic N) is 4. The molecule has 0 N–H and O–H groups in total. The van der Waals surface area contributed by atoms with Crippen molar-refractivity contribution >= 4 is 17.1 Å². The molecular weight excluding hydrogens is 324 g/mol. The second-order valence-corrected chi connectivity index (χ2v) is 5.20. The summed E-state index contributed by atoms with van der Waals surface area (Å²) < 4.78 is 17.5. The van der Waals surface area contributed by atoms with E-state index in [0.717, 1.165) is 0 Å². The average molecular weight is 338 g/mol. The van der Waals surface area contributed by atoms with Gasteiger partial charge in [-0.2, -0.15) is 0 Å². The molecule has 0 aliphatic carbocycles. The highest BCUT2D eigenvalue weighted by Crippen LogP contribution is 2.28. The van der Waals surface area contributed by atoms with E-state index in [0.29, 0.717) is 40.8 Å². The first-order valence-corrected chi connectivity index (χ1v) is 7.72. The Morgan fingerprint density at radius 2 is 1.92 bits per heavy atom. The van der Waals surface area contributed by atoms with Gasteiger partial charge >= 0.3 is 5.97 Å². The van der Waals surface area contributed by atoms with Crippen LogP contribution in [0.2, 0.25) is 0 Å². The fraction of sp³-hybridized carbons (Fsp3) is 0.176. The van der Waals surface area contributed by atoms with Crippen molar-refractivity contribution in [1.82, 2.24) is 19.5 Å². The maximum Gasteiger partial charge on any atom is 0.326 e. The summed E-state index contributed by atoms with van der Waals surface area (Å²) in [5, 5.41) is 0. The van der Waals surface area contributed by atoms with Crippen LogP contribution in [0.5, 0.6) is 0 Å². The van der Waals surface area contributed by atoms with Crippen LogP contribution in [-0.4, -0.2) is 32.1 Å². The van der Waals surface area contributed by atoms with Crippen LogP contribution in [0.25, 0.3) is 34.2 Å². The van der Waals surface area contributed by atoms with Gasteiger partial charge in [0.2, 0.25) is 0 Å². The highest BCUT2D eigenvalue weighted by atomic mass is 16.5. The summed E-state index contributed by atoms with van der Waals surface area (Å²) in [6, 6.07) is 7.08. The molecule has 0 aromatic carbocycles. The van der Waals surface area contributed by atoms with Crippen molar-refractivity contribution in [1.29, 1.82) is 0 Å². The Kier molecular flexibility index (Phi) is 3.77. The van der Waals surface area contributed by atoms with Crippen molar-refractivity contribution in [3.63, 3.8) is 0 Å². The fourth-order valence-corrected chi connectivity index (χ4v) is 2.51. The molecule has 0 saturated carbocycles. The van der Waals surface area contributed by atoms with Gasteiger partial charge in [0, 0.05) is 0 Å². The Hall–Kier alpha value is -3.42. The van der Waals surface area contributed by atoms with E-state index >= 15 is 0 Å². The number of carbonyl (C=O) groups is 1. The van der Waals surface area contributed by atoms with Crippen molar-refractivity contribution in [3.05, 3.63) is 43.1 Å². The van der Waals surface area contributed by atoms with Gasteiger partial charge in [0.25, 0.3) is 0 Å². The molecule has 0 aliphatic heterocycles. The van der Waals surface area contributed by atoms with Gasteiger partial charge < -0.3 is 18.1 Å². The summed E-state index contributed by atoms with van der Waals surface area (Å²) in [4.78, 5) is 25.2. The van der Waals surface area contributed by atoms with Crippen molar-refractivity contribution in [2.24, 2.45) is 0 Å². The number of ether oxygens (including phenoxy) is 1. The molecule has 4 rings (SSSR count). The Balaban J connectivity index is 1.88. The number of rotatable bonds is 5. The SMILES string of the molecule is CCOC(=O)Cn1cnc2c(-c3ccco3)nc(-c3ccco3)nc21. The van der Waals surface area contributed by atoms with Gasteiger partial charge in [0.1, 0.15) is 17.8 Å². The van der Waals surface area contributed by atoms with Gasteiger partial charge in [0.05, 0.1) is 25.5 Å². The summed E-state index contributed by atoms with van der Waals surface area (Å²) in [5.41, 5.74) is 1.57. The first-order chi connectivity index (χ1) is 12.3. The van der Waals surface area contributed by atoms with Crippen molar-refractivity contribution in [2.45, 2.75) is 13.5 Å². The van der Waals surface area contributed by atoms with Crippen LogP contribution in [0, 0.1) is 0 Å². The summed E-state index contributed by atoms with van der Waals surface area (Å²) >= 11 is 0. The van der Waals surface area contributed by atoms with E-state index in [9.17, 15) is 4.79 Å². The predicted octanol–water partition coefficient (Wildman–Crippen LogP) is 2.91. The largest absolute Gasteiger partial charge is 0.465 e. The molecule has 0 bridgehead atoms. The molecule has 4 aromatic heterocycles. The molecule has 0 saturated heterocycles. The molecule has 0 atom stereocenters. The average Bonchev–Trinajstić information content (AvgIpc) is 3.36. The Morgan fingerprint density at radius 1 is 1.16 bits per heavy atom. The van der Waals surface area contributed by atoms with Gasteiger partial charge in [-0.15, -0.1) is 0 Å². The van der Waals surface area contributed by atoms with Crippen LogP contribution in [-0.2, 0) is 16.1 Å². The molecule has 0 spiro atoms. The minimum atomic E-state index is -0.362. The van der Waals surface area contributed by atoms with E-state index in [1.807, 2.05) is 0 Å². The number of furan rings is 2. The molecule has 0 radical (unpaired) electrons. The normalized spacial score (nSPS) is 11.1. The summed E-state index contributed by atoms with van der Waals surface area (Å²) in [5.74, 6) is 1.09. The number of hydrogen-bond donors (Lipinski definition) is 0. The number of imidazole rings is 1. The number of aromatic nitrogens is 4. The van der Waals surface area contributed by atoms with Crippen LogP contribution >= 0.6 is 0 Å². The zero-order valence-corrected chi connectivity index (χ0v) is 13.4. The van der Waals surface area contributed by atoms with E-state index in [4.69, 9.17) is 13.6 Å². The van der Waals surface area contributed by atoms with Crippen LogP contribution in [0.15, 0.2) is 52.0 Å². The molecule has 8 nitrogen and oxygen atoms in total. The lowest BCUT2D eigenvalue weighted by molar-refractivity contribution is -0.143. The third-order valence-corrected chi connectivity index (χ3v) is 3.56. The summed E-state index contributed by atoms with van der Waals surface area (Å²) in [6.45, 7) is 2.09. The fourth-order valence-electron chi connectivity index (χ4n) is 2.51. The Labute approximate surface area is 142 Å². The first kappa shape index (κ1) is 15.1. The molecular formula is C17H14N4O4. The molecule has 0 aliphatic rings. The van der Waals surface area contributed by atoms with E-state index in [1.54, 1.807) is 48.3 Å². The number of esters is 1. The maximum absolute atomic E-state index is 11.8. The summed E-state index contributed by atoms with van der Waals surface area (Å²) in [6.07, 6.45) is 4.64. The molecule has 25 heavy (non-hydrogen) atoms. The molecule has 0 fully saturated rings. The van der Waals surface area contributed by atoms with Crippen molar-refractivity contribution in [3.8, 4) is 23.0 Å². The van der Waals surface area contributed by atoms with E-state index in [1.165, 1.54) is 6.33 Å². The van der Waals surface area contributed by atoms with Gasteiger partial charge in [0.15, 0.2) is 23.0 Å². The predicted molar refractivity (Wildman–Crippen MR) is 87.4 cm³/mol. The lowest BCUT2D eigenvalue weighted by atomic mass is 10.2. The standard InChI is InChI=1S/C17H14N4O4/c1-2-23-13(22)9-21-10-18-15-14(11-5-3-7-24-11)19-16(20-17(15)21)12-6-4-8-25-12/h3-8,10H,2,9H2,1H3. The third kappa shape index (κ3) is 2.78. The molecule has 4 heterocycles. The molecule has 0 unspecified atom stereocenters. The molecule has 4 aromatic rings. The van der Waals surface area contributed by atoms with Crippen molar-refractivity contribution < 1.29 is 18.4 Å². The highest BCUT2D eigenvalue weighted by Gasteiger charge is 2.19. The van der Waals surface area contributed by atoms with Gasteiger partial charge in [-0.3, -0.25) is 4.79 Å². The maximum atomic E-state index is 11.8. The lowest BCUT2D eigenvalue weighted by Gasteiger charge is -2.06. The lowest BCUT2D eigenvalue weighted by Crippen LogP contribution is -2.13. The molecule has 0 amide bonds. The van der Waals surface area contributed by atoms with E-state index in [2.05, 4.69) is 15.0 Å². The topological polar surface area (TPSA) is 96.2 Å². The Bertz CT molecular complexity index is 1000. The first-order valence-electron chi connectivity index (χ1n) is 7.72. The second kappa shape index (κ2) is 6.23. The van der Waals surface area contributed by atoms with Crippen LogP contribution in [0.3, 0.4) is 0 Å². The number of fused-ring (bicyclic) bond motifs is 1. The van der Waals surface area contributed by atoms with Gasteiger partial charge in [-0.05, 0) is 31.2 Å². The number of carbonyl (C=O) groups excluding carboxylic acids is 1. The molecule has 8 heteroatoms. The van der Waals surface area contributed by atoms with Gasteiger partial charge in [-0.25, -0.2) is 15.0 Å². The smallest absolute Gasteiger partial charge is 0.326 e. The zero-order chi connectivity index (χ0) is 17.2. The van der Waals surface area contributed by atoms with Crippen molar-refractivity contribution in [2.75, 3.05) is 6.61 Å². The summed E-state index contributed by atoms with van der Waals surface area (Å²) in [7, 11) is 0. The van der Waals surface area contributed by atoms with Crippen LogP contribution < -0.4 is 0 Å². The quantitative estimate of drug-likeness (QED) is 0.516. The zero-order valence-electron chi connectivity index (χ0n) is 13.4. The minimum Gasteiger partial charge on any atom is -0.465 e. The second-order valence-electron chi connectivity index (χ2n) is 5.20. The van der Waals surface area contributed by atoms with E-state index < -0.39 is 0 Å². The monoisotopic (exact) mass is 338 g/mol. The van der Waals surface area contributed by atoms with E-state index in [-0.39, 0.29) is 12.5 Å². The van der Waals surface area contributed by atoms with Crippen LogP contribution in [0.4, 0.5) is 0 Å². The third-order valence-electron chi connectivity index (χ3n) is 3.56. The Morgan fingerprint density at radius 3 is 2.60 bits per heavy atom. The highest BCUT2D eigenvalue weighted by molar-refractivity contribution is 5.87. The van der Waals surface area contributed by atoms with Gasteiger partial charge in [-0.1, -0.05) is 0 Å². The minimum absolute atomic E-state index is 0.0105. The van der Waals surface area contributed by atoms with Crippen LogP contribution in [0.1, 0.15) is 6.92 Å². The molecule has 126 valence electrons. The number of hydrogen-bond acceptors (Lipinski definition) is 7.